The first kappa shape index (κ1) is 11.5. The third-order valence-corrected chi connectivity index (χ3v) is 2.98. The molecule has 1 aromatic carbocycles. The molecule has 1 aromatic heterocycles. The van der Waals surface area contributed by atoms with Gasteiger partial charge in [-0.05, 0) is 18.6 Å². The summed E-state index contributed by atoms with van der Waals surface area (Å²) >= 11 is 11.4. The Balaban J connectivity index is 2.34. The molecule has 84 valence electrons. The van der Waals surface area contributed by atoms with Crippen LogP contribution in [0.1, 0.15) is 23.2 Å². The van der Waals surface area contributed by atoms with Crippen LogP contribution in [0.15, 0.2) is 24.4 Å². The van der Waals surface area contributed by atoms with Gasteiger partial charge in [-0.25, -0.2) is 0 Å². The van der Waals surface area contributed by atoms with Crippen molar-refractivity contribution >= 4 is 39.9 Å². The quantitative estimate of drug-likeness (QED) is 0.650. The van der Waals surface area contributed by atoms with E-state index in [1.807, 2.05) is 12.1 Å². The molecule has 2 nitrogen and oxygen atoms in total. The molecule has 0 aliphatic heterocycles. The number of fused-ring (bicyclic) bond motifs is 1. The molecule has 0 amide bonds. The van der Waals surface area contributed by atoms with Crippen molar-refractivity contribution in [2.75, 3.05) is 5.88 Å². The maximum atomic E-state index is 11.9. The number of Topliss-reactive ketones (excluding diaryl/α,β-unsaturated/α-hetero) is 1. The fourth-order valence-corrected chi connectivity index (χ4v) is 2.00. The van der Waals surface area contributed by atoms with Crippen LogP contribution in [0.3, 0.4) is 0 Å². The second-order valence-corrected chi connectivity index (χ2v) is 4.42. The highest BCUT2D eigenvalue weighted by atomic mass is 35.5. The van der Waals surface area contributed by atoms with Crippen LogP contribution in [0, 0.1) is 0 Å². The molecule has 1 heterocycles. The van der Waals surface area contributed by atoms with Crippen LogP contribution in [0.4, 0.5) is 0 Å². The molecule has 0 aliphatic carbocycles. The zero-order valence-electron chi connectivity index (χ0n) is 8.59. The molecule has 0 saturated carbocycles. The van der Waals surface area contributed by atoms with Gasteiger partial charge in [-0.15, -0.1) is 11.6 Å². The molecule has 16 heavy (non-hydrogen) atoms. The van der Waals surface area contributed by atoms with Gasteiger partial charge in [0.15, 0.2) is 5.78 Å². The number of halogens is 2. The summed E-state index contributed by atoms with van der Waals surface area (Å²) in [4.78, 5) is 14.9. The van der Waals surface area contributed by atoms with E-state index in [4.69, 9.17) is 23.2 Å². The van der Waals surface area contributed by atoms with Gasteiger partial charge in [0.1, 0.15) is 0 Å². The predicted molar refractivity (Wildman–Crippen MR) is 67.6 cm³/mol. The number of benzene rings is 1. The largest absolute Gasteiger partial charge is 0.360 e. The van der Waals surface area contributed by atoms with Crippen LogP contribution in [0.5, 0.6) is 0 Å². The summed E-state index contributed by atoms with van der Waals surface area (Å²) in [6.07, 6.45) is 2.93. The second-order valence-electron chi connectivity index (χ2n) is 3.61. The normalized spacial score (nSPS) is 10.9. The van der Waals surface area contributed by atoms with Crippen molar-refractivity contribution in [2.45, 2.75) is 12.8 Å². The van der Waals surface area contributed by atoms with E-state index < -0.39 is 0 Å². The Morgan fingerprint density at radius 2 is 2.19 bits per heavy atom. The minimum atomic E-state index is 0.120. The van der Waals surface area contributed by atoms with Crippen molar-refractivity contribution < 1.29 is 4.79 Å². The summed E-state index contributed by atoms with van der Waals surface area (Å²) in [5, 5.41) is 1.58. The first-order chi connectivity index (χ1) is 7.72. The van der Waals surface area contributed by atoms with Crippen molar-refractivity contribution in [3.8, 4) is 0 Å². The van der Waals surface area contributed by atoms with Crippen LogP contribution in [0.2, 0.25) is 5.02 Å². The molecule has 1 N–H and O–H groups in total. The van der Waals surface area contributed by atoms with E-state index >= 15 is 0 Å². The Hall–Kier alpha value is -0.990. The van der Waals surface area contributed by atoms with Crippen molar-refractivity contribution in [1.82, 2.24) is 4.98 Å². The number of H-pyrrole nitrogens is 1. The van der Waals surface area contributed by atoms with Gasteiger partial charge in [0, 0.05) is 40.0 Å². The van der Waals surface area contributed by atoms with Gasteiger partial charge in [0.05, 0.1) is 0 Å². The Kier molecular flexibility index (Phi) is 3.52. The number of rotatable bonds is 4. The molecule has 4 heteroatoms. The lowest BCUT2D eigenvalue weighted by Gasteiger charge is -1.97. The molecular weight excluding hydrogens is 245 g/mol. The number of carbonyl (C=O) groups excluding carboxylic acids is 1. The lowest BCUT2D eigenvalue weighted by atomic mass is 10.1. The number of aromatic nitrogens is 1. The lowest BCUT2D eigenvalue weighted by molar-refractivity contribution is 0.0983. The van der Waals surface area contributed by atoms with Gasteiger partial charge >= 0.3 is 0 Å². The van der Waals surface area contributed by atoms with Crippen LogP contribution < -0.4 is 0 Å². The Morgan fingerprint density at radius 1 is 1.38 bits per heavy atom. The smallest absolute Gasteiger partial charge is 0.165 e. The lowest BCUT2D eigenvalue weighted by Crippen LogP contribution is -1.97. The van der Waals surface area contributed by atoms with E-state index in [0.717, 1.165) is 16.5 Å². The average Bonchev–Trinajstić information content (AvgIpc) is 2.68. The maximum absolute atomic E-state index is 11.9. The Morgan fingerprint density at radius 3 is 2.94 bits per heavy atom. The number of hydrogen-bond acceptors (Lipinski definition) is 1. The summed E-state index contributed by atoms with van der Waals surface area (Å²) < 4.78 is 0. The van der Waals surface area contributed by atoms with Gasteiger partial charge in [-0.2, -0.15) is 0 Å². The number of nitrogens with one attached hydrogen (secondary N) is 1. The van der Waals surface area contributed by atoms with Crippen LogP contribution in [0.25, 0.3) is 10.9 Å². The summed E-state index contributed by atoms with van der Waals surface area (Å²) in [6, 6.07) is 5.47. The summed E-state index contributed by atoms with van der Waals surface area (Å²) in [5.41, 5.74) is 1.61. The molecule has 0 unspecified atom stereocenters. The number of hydrogen-bond donors (Lipinski definition) is 1. The third-order valence-electron chi connectivity index (χ3n) is 2.48. The fourth-order valence-electron chi connectivity index (χ4n) is 1.69. The topological polar surface area (TPSA) is 32.9 Å². The van der Waals surface area contributed by atoms with E-state index in [1.165, 1.54) is 0 Å². The van der Waals surface area contributed by atoms with Crippen LogP contribution in [-0.2, 0) is 0 Å². The average molecular weight is 256 g/mol. The molecule has 0 spiro atoms. The van der Waals surface area contributed by atoms with E-state index in [-0.39, 0.29) is 5.78 Å². The Bertz CT molecular complexity index is 519. The molecule has 0 bridgehead atoms. The van der Waals surface area contributed by atoms with Gasteiger partial charge in [0.25, 0.3) is 0 Å². The summed E-state index contributed by atoms with van der Waals surface area (Å²) in [5.74, 6) is 0.633. The van der Waals surface area contributed by atoms with Gasteiger partial charge < -0.3 is 4.98 Å². The van der Waals surface area contributed by atoms with E-state index in [0.29, 0.717) is 23.7 Å². The summed E-state index contributed by atoms with van der Waals surface area (Å²) in [7, 11) is 0. The van der Waals surface area contributed by atoms with Gasteiger partial charge in [-0.3, -0.25) is 4.79 Å². The first-order valence-electron chi connectivity index (χ1n) is 5.08. The van der Waals surface area contributed by atoms with Crippen molar-refractivity contribution in [1.29, 1.82) is 0 Å². The molecular formula is C12H11Cl2NO. The maximum Gasteiger partial charge on any atom is 0.165 e. The molecule has 0 radical (unpaired) electrons. The minimum absolute atomic E-state index is 0.120. The first-order valence-corrected chi connectivity index (χ1v) is 5.99. The van der Waals surface area contributed by atoms with Crippen LogP contribution in [-0.4, -0.2) is 16.6 Å². The van der Waals surface area contributed by atoms with E-state index in [9.17, 15) is 4.79 Å². The van der Waals surface area contributed by atoms with Crippen LogP contribution >= 0.6 is 23.2 Å². The predicted octanol–water partition coefficient (Wildman–Crippen LogP) is 4.02. The molecule has 0 saturated heterocycles. The fraction of sp³-hybridized carbons (Fsp3) is 0.250. The van der Waals surface area contributed by atoms with Crippen molar-refractivity contribution in [2.24, 2.45) is 0 Å². The molecule has 0 fully saturated rings. The summed E-state index contributed by atoms with van der Waals surface area (Å²) in [6.45, 7) is 0. The minimum Gasteiger partial charge on any atom is -0.360 e. The highest BCUT2D eigenvalue weighted by Gasteiger charge is 2.11. The zero-order chi connectivity index (χ0) is 11.5. The Labute approximate surface area is 104 Å². The highest BCUT2D eigenvalue weighted by molar-refractivity contribution is 6.31. The number of carbonyl (C=O) groups is 1. The van der Waals surface area contributed by atoms with Crippen molar-refractivity contribution in [3.63, 3.8) is 0 Å². The van der Waals surface area contributed by atoms with Gasteiger partial charge in [0.2, 0.25) is 0 Å². The third kappa shape index (κ3) is 2.23. The SMILES string of the molecule is O=C(CCCCl)c1c[nH]c2cc(Cl)ccc12. The molecule has 0 atom stereocenters. The second kappa shape index (κ2) is 4.89. The molecule has 2 aromatic rings. The van der Waals surface area contributed by atoms with Gasteiger partial charge in [-0.1, -0.05) is 17.7 Å². The zero-order valence-corrected chi connectivity index (χ0v) is 10.1. The number of ketones is 1. The monoisotopic (exact) mass is 255 g/mol. The molecule has 2 rings (SSSR count). The van der Waals surface area contributed by atoms with E-state index in [1.54, 1.807) is 12.3 Å². The van der Waals surface area contributed by atoms with Crippen molar-refractivity contribution in [3.05, 3.63) is 35.0 Å². The molecule has 0 aliphatic rings. The standard InChI is InChI=1S/C12H11Cl2NO/c13-5-1-2-12(16)10-7-15-11-6-8(14)3-4-9(10)11/h3-4,6-7,15H,1-2,5H2. The van der Waals surface area contributed by atoms with E-state index in [2.05, 4.69) is 4.98 Å². The highest BCUT2D eigenvalue weighted by Crippen LogP contribution is 2.23. The number of aromatic amines is 1. The number of alkyl halides is 1.